The van der Waals surface area contributed by atoms with Crippen molar-refractivity contribution in [2.45, 2.75) is 57.9 Å². The van der Waals surface area contributed by atoms with Crippen LogP contribution in [0, 0.1) is 20.8 Å². The molecule has 1 saturated heterocycles. The molecular weight excluding hydrogens is 460 g/mol. The highest BCUT2D eigenvalue weighted by atomic mass is 32.2. The number of H-pyrrole nitrogens is 1. The van der Waals surface area contributed by atoms with Gasteiger partial charge in [0.05, 0.1) is 28.8 Å². The van der Waals surface area contributed by atoms with Crippen LogP contribution in [0.25, 0.3) is 0 Å². The van der Waals surface area contributed by atoms with Gasteiger partial charge in [-0.2, -0.15) is 4.31 Å². The summed E-state index contributed by atoms with van der Waals surface area (Å²) in [4.78, 5) is 40.2. The number of nitrogens with zero attached hydrogens (tertiary/aromatic N) is 1. The zero-order chi connectivity index (χ0) is 25.2. The maximum absolute atomic E-state index is 13.2. The first kappa shape index (κ1) is 25.6. The number of ether oxygens (including phenoxy) is 2. The average molecular weight is 491 g/mol. The fourth-order valence-electron chi connectivity index (χ4n) is 4.26. The number of aromatic amines is 1. The summed E-state index contributed by atoms with van der Waals surface area (Å²) in [5.74, 6) is -1.89. The number of benzene rings is 1. The molecule has 1 aliphatic heterocycles. The second kappa shape index (κ2) is 10.1. The van der Waals surface area contributed by atoms with Crippen LogP contribution < -0.4 is 0 Å². The summed E-state index contributed by atoms with van der Waals surface area (Å²) in [6, 6.07) is 4.22. The maximum Gasteiger partial charge on any atom is 0.339 e. The molecule has 1 unspecified atom stereocenters. The highest BCUT2D eigenvalue weighted by Gasteiger charge is 2.32. The van der Waals surface area contributed by atoms with Crippen LogP contribution in [0.2, 0.25) is 0 Å². The summed E-state index contributed by atoms with van der Waals surface area (Å²) >= 11 is 0. The molecule has 184 valence electrons. The molecule has 34 heavy (non-hydrogen) atoms. The molecule has 1 N–H and O–H groups in total. The van der Waals surface area contributed by atoms with Crippen molar-refractivity contribution in [2.24, 2.45) is 0 Å². The molecule has 3 rings (SSSR count). The molecule has 10 heteroatoms. The van der Waals surface area contributed by atoms with E-state index in [0.717, 1.165) is 19.3 Å². The van der Waals surface area contributed by atoms with Crippen LogP contribution in [0.15, 0.2) is 23.1 Å². The molecule has 0 radical (unpaired) electrons. The number of ketones is 1. The highest BCUT2D eigenvalue weighted by Crippen LogP contribution is 2.27. The summed E-state index contributed by atoms with van der Waals surface area (Å²) in [5, 5.41) is 0. The van der Waals surface area contributed by atoms with Gasteiger partial charge in [0.15, 0.2) is 6.61 Å². The van der Waals surface area contributed by atoms with Crippen molar-refractivity contribution >= 4 is 27.7 Å². The summed E-state index contributed by atoms with van der Waals surface area (Å²) in [5.41, 5.74) is 1.90. The van der Waals surface area contributed by atoms with Crippen LogP contribution in [0.1, 0.15) is 74.2 Å². The lowest BCUT2D eigenvalue weighted by Crippen LogP contribution is -2.41. The third-order valence-electron chi connectivity index (χ3n) is 6.22. The minimum atomic E-state index is -3.77. The van der Waals surface area contributed by atoms with Gasteiger partial charge in [-0.15, -0.1) is 0 Å². The van der Waals surface area contributed by atoms with Gasteiger partial charge in [-0.3, -0.25) is 4.79 Å². The lowest BCUT2D eigenvalue weighted by atomic mass is 10.1. The van der Waals surface area contributed by atoms with Crippen LogP contribution in [0.4, 0.5) is 0 Å². The fourth-order valence-corrected chi connectivity index (χ4v) is 5.99. The lowest BCUT2D eigenvalue weighted by molar-refractivity contribution is 0.0472. The Morgan fingerprint density at radius 2 is 1.82 bits per heavy atom. The Morgan fingerprint density at radius 1 is 1.12 bits per heavy atom. The number of hydrogen-bond acceptors (Lipinski definition) is 7. The normalized spacial score (nSPS) is 16.8. The fraction of sp³-hybridized carbons (Fsp3) is 0.458. The van der Waals surface area contributed by atoms with Gasteiger partial charge >= 0.3 is 11.9 Å². The van der Waals surface area contributed by atoms with Crippen LogP contribution in [-0.4, -0.2) is 61.7 Å². The van der Waals surface area contributed by atoms with E-state index in [1.54, 1.807) is 26.8 Å². The molecule has 0 amide bonds. The molecule has 1 aromatic heterocycles. The lowest BCUT2D eigenvalue weighted by Gasteiger charge is -2.32. The Labute approximate surface area is 199 Å². The first-order chi connectivity index (χ1) is 16.0. The Hall–Kier alpha value is -2.98. The SMILES string of the molecule is COC(=O)c1c(C)[nH]c(C(=O)COC(=O)c2cc(S(=O)(=O)N3CCCCC3C)ccc2C)c1C. The largest absolute Gasteiger partial charge is 0.465 e. The Bertz CT molecular complexity index is 1230. The number of sulfonamides is 1. The van der Waals surface area contributed by atoms with Crippen molar-refractivity contribution in [1.82, 2.24) is 9.29 Å². The molecule has 2 heterocycles. The number of aryl methyl sites for hydroxylation is 2. The standard InChI is InChI=1S/C24H30N2O7S/c1-14-9-10-18(34(30,31)26-11-7-6-8-15(26)2)12-19(14)23(28)33-13-20(27)22-16(3)21(17(4)25-22)24(29)32-5/h9-10,12,15,25H,6-8,11,13H2,1-5H3. The monoisotopic (exact) mass is 490 g/mol. The Balaban J connectivity index is 1.78. The van der Waals surface area contributed by atoms with Gasteiger partial charge in [0.1, 0.15) is 0 Å². The number of esters is 2. The first-order valence-corrected chi connectivity index (χ1v) is 12.5. The number of aromatic nitrogens is 1. The van der Waals surface area contributed by atoms with Gasteiger partial charge in [0, 0.05) is 18.3 Å². The molecule has 1 fully saturated rings. The van der Waals surface area contributed by atoms with Crippen LogP contribution in [-0.2, 0) is 19.5 Å². The maximum atomic E-state index is 13.2. The quantitative estimate of drug-likeness (QED) is 0.466. The van der Waals surface area contributed by atoms with Crippen molar-refractivity contribution in [3.8, 4) is 0 Å². The van der Waals surface area contributed by atoms with Crippen LogP contribution >= 0.6 is 0 Å². The van der Waals surface area contributed by atoms with E-state index >= 15 is 0 Å². The van der Waals surface area contributed by atoms with Crippen LogP contribution in [0.3, 0.4) is 0 Å². The average Bonchev–Trinajstić information content (AvgIpc) is 3.10. The van der Waals surface area contributed by atoms with E-state index in [1.807, 2.05) is 6.92 Å². The topological polar surface area (TPSA) is 123 Å². The summed E-state index contributed by atoms with van der Waals surface area (Å²) in [7, 11) is -2.52. The first-order valence-electron chi connectivity index (χ1n) is 11.1. The van der Waals surface area contributed by atoms with Crippen molar-refractivity contribution in [3.63, 3.8) is 0 Å². The van der Waals surface area contributed by atoms with Crippen molar-refractivity contribution in [1.29, 1.82) is 0 Å². The number of piperidine rings is 1. The third-order valence-corrected chi connectivity index (χ3v) is 8.23. The number of hydrogen-bond donors (Lipinski definition) is 1. The molecular formula is C24H30N2O7S. The van der Waals surface area contributed by atoms with Crippen molar-refractivity contribution < 1.29 is 32.3 Å². The zero-order valence-electron chi connectivity index (χ0n) is 20.1. The predicted octanol–water partition coefficient (Wildman–Crippen LogP) is 3.33. The van der Waals surface area contributed by atoms with E-state index in [2.05, 4.69) is 4.98 Å². The van der Waals surface area contributed by atoms with E-state index in [9.17, 15) is 22.8 Å². The summed E-state index contributed by atoms with van der Waals surface area (Å²) in [6.07, 6.45) is 2.56. The minimum absolute atomic E-state index is 0.0173. The summed E-state index contributed by atoms with van der Waals surface area (Å²) < 4.78 is 37.8. The number of methoxy groups -OCH3 is 1. The number of rotatable bonds is 7. The number of nitrogens with one attached hydrogen (secondary N) is 1. The molecule has 0 bridgehead atoms. The molecule has 2 aromatic rings. The van der Waals surface area contributed by atoms with Gasteiger partial charge in [0.25, 0.3) is 0 Å². The molecule has 0 spiro atoms. The second-order valence-electron chi connectivity index (χ2n) is 8.55. The van der Waals surface area contributed by atoms with Gasteiger partial charge in [0.2, 0.25) is 15.8 Å². The second-order valence-corrected chi connectivity index (χ2v) is 10.4. The van der Waals surface area contributed by atoms with Crippen molar-refractivity contribution in [2.75, 3.05) is 20.3 Å². The van der Waals surface area contributed by atoms with Gasteiger partial charge < -0.3 is 14.5 Å². The Kier molecular flexibility index (Phi) is 7.62. The molecule has 1 aromatic carbocycles. The van der Waals surface area contributed by atoms with E-state index in [1.165, 1.54) is 23.5 Å². The number of Topliss-reactive ketones (excluding diaryl/α,β-unsaturated/α-hetero) is 1. The van der Waals surface area contributed by atoms with Gasteiger partial charge in [-0.05, 0) is 63.8 Å². The highest BCUT2D eigenvalue weighted by molar-refractivity contribution is 7.89. The van der Waals surface area contributed by atoms with E-state index in [-0.39, 0.29) is 27.8 Å². The van der Waals surface area contributed by atoms with E-state index < -0.39 is 34.4 Å². The predicted molar refractivity (Wildman–Crippen MR) is 125 cm³/mol. The van der Waals surface area contributed by atoms with Crippen molar-refractivity contribution in [3.05, 3.63) is 51.8 Å². The smallest absolute Gasteiger partial charge is 0.339 e. The minimum Gasteiger partial charge on any atom is -0.465 e. The summed E-state index contributed by atoms with van der Waals surface area (Å²) in [6.45, 7) is 6.65. The van der Waals surface area contributed by atoms with Crippen LogP contribution in [0.5, 0.6) is 0 Å². The molecule has 1 aliphatic rings. The number of carbonyl (C=O) groups is 3. The van der Waals surface area contributed by atoms with E-state index in [0.29, 0.717) is 23.4 Å². The van der Waals surface area contributed by atoms with Gasteiger partial charge in [-0.25, -0.2) is 18.0 Å². The molecule has 0 aliphatic carbocycles. The zero-order valence-corrected chi connectivity index (χ0v) is 20.9. The molecule has 1 atom stereocenters. The molecule has 9 nitrogen and oxygen atoms in total. The van der Waals surface area contributed by atoms with Gasteiger partial charge in [-0.1, -0.05) is 12.5 Å². The third kappa shape index (κ3) is 4.92. The Morgan fingerprint density at radius 3 is 2.47 bits per heavy atom. The molecule has 0 saturated carbocycles. The number of carbonyl (C=O) groups excluding carboxylic acids is 3. The van der Waals surface area contributed by atoms with E-state index in [4.69, 9.17) is 9.47 Å².